The van der Waals surface area contributed by atoms with Gasteiger partial charge in [-0.15, -0.1) is 0 Å². The summed E-state index contributed by atoms with van der Waals surface area (Å²) >= 11 is 0. The summed E-state index contributed by atoms with van der Waals surface area (Å²) in [5, 5.41) is 9.35. The van der Waals surface area contributed by atoms with Crippen LogP contribution >= 0.6 is 0 Å². The predicted molar refractivity (Wildman–Crippen MR) is 68.6 cm³/mol. The Hall–Kier alpha value is -0.160. The monoisotopic (exact) mass is 230 g/mol. The molecule has 0 aliphatic rings. The standard InChI is InChI=1S/C12H28N3O/c1-6-15(8-7-14(4)5)12(13)11(9-16)10(2)3/h10-11,16H,6-9,13H2,1-5H3. The number of nitrogens with two attached hydrogens (primary N) is 1. The Bertz CT molecular complexity index is 174. The van der Waals surface area contributed by atoms with E-state index < -0.39 is 0 Å². The van der Waals surface area contributed by atoms with E-state index in [0.717, 1.165) is 25.8 Å². The van der Waals surface area contributed by atoms with E-state index in [2.05, 4.69) is 44.7 Å². The first-order chi connectivity index (χ1) is 7.43. The molecule has 16 heavy (non-hydrogen) atoms. The van der Waals surface area contributed by atoms with Gasteiger partial charge < -0.3 is 15.7 Å². The summed E-state index contributed by atoms with van der Waals surface area (Å²) in [6, 6.07) is 0. The van der Waals surface area contributed by atoms with E-state index in [1.54, 1.807) is 0 Å². The highest BCUT2D eigenvalue weighted by Gasteiger charge is 2.26. The number of aliphatic hydroxyl groups excluding tert-OH is 1. The number of hydrogen-bond acceptors (Lipinski definition) is 4. The van der Waals surface area contributed by atoms with Crippen molar-refractivity contribution in [3.8, 4) is 0 Å². The summed E-state index contributed by atoms with van der Waals surface area (Å²) in [6.45, 7) is 9.19. The number of likely N-dealkylation sites (N-methyl/N-ethyl adjacent to an activating group) is 2. The molecule has 1 atom stereocenters. The van der Waals surface area contributed by atoms with Gasteiger partial charge in [0.2, 0.25) is 0 Å². The Labute approximate surface area is 100 Å². The van der Waals surface area contributed by atoms with Crippen LogP contribution in [0.4, 0.5) is 0 Å². The quantitative estimate of drug-likeness (QED) is 0.640. The van der Waals surface area contributed by atoms with Gasteiger partial charge >= 0.3 is 0 Å². The summed E-state index contributed by atoms with van der Waals surface area (Å²) in [5.74, 6) is 0.445. The van der Waals surface area contributed by atoms with Gasteiger partial charge in [0.1, 0.15) is 6.17 Å². The molecule has 0 rings (SSSR count). The molecule has 0 aliphatic carbocycles. The van der Waals surface area contributed by atoms with Crippen LogP contribution < -0.4 is 5.73 Å². The molecular formula is C12H28N3O. The fourth-order valence-corrected chi connectivity index (χ4v) is 1.67. The van der Waals surface area contributed by atoms with Crippen LogP contribution in [-0.4, -0.2) is 55.2 Å². The minimum absolute atomic E-state index is 0.0714. The molecule has 0 aliphatic heterocycles. The Balaban J connectivity index is 4.32. The number of rotatable bonds is 8. The molecule has 1 radical (unpaired) electrons. The van der Waals surface area contributed by atoms with E-state index >= 15 is 0 Å². The zero-order chi connectivity index (χ0) is 12.7. The van der Waals surface area contributed by atoms with Crippen LogP contribution in [0, 0.1) is 18.0 Å². The highest BCUT2D eigenvalue weighted by atomic mass is 16.3. The van der Waals surface area contributed by atoms with Crippen LogP contribution in [0.1, 0.15) is 20.8 Å². The smallest absolute Gasteiger partial charge is 0.107 e. The third-order valence-corrected chi connectivity index (χ3v) is 2.95. The predicted octanol–water partition coefficient (Wildman–Crippen LogP) is 0.583. The lowest BCUT2D eigenvalue weighted by atomic mass is 9.93. The summed E-state index contributed by atoms with van der Waals surface area (Å²) in [5.41, 5.74) is 6.13. The average Bonchev–Trinajstić information content (AvgIpc) is 2.18. The van der Waals surface area contributed by atoms with Gasteiger partial charge in [-0.2, -0.15) is 0 Å². The molecule has 0 heterocycles. The Morgan fingerprint density at radius 1 is 1.25 bits per heavy atom. The molecule has 0 spiro atoms. The van der Waals surface area contributed by atoms with Crippen molar-refractivity contribution in [2.75, 3.05) is 40.3 Å². The van der Waals surface area contributed by atoms with Crippen LogP contribution in [0.5, 0.6) is 0 Å². The van der Waals surface area contributed by atoms with Crippen molar-refractivity contribution in [1.82, 2.24) is 9.80 Å². The van der Waals surface area contributed by atoms with Crippen molar-refractivity contribution in [3.05, 3.63) is 6.17 Å². The number of aliphatic hydroxyl groups is 1. The van der Waals surface area contributed by atoms with Gasteiger partial charge in [-0.25, -0.2) is 0 Å². The lowest BCUT2D eigenvalue weighted by molar-refractivity contribution is 0.133. The maximum absolute atomic E-state index is 9.35. The van der Waals surface area contributed by atoms with Crippen molar-refractivity contribution in [1.29, 1.82) is 0 Å². The first-order valence-corrected chi connectivity index (χ1v) is 6.06. The van der Waals surface area contributed by atoms with E-state index in [0.29, 0.717) is 5.92 Å². The van der Waals surface area contributed by atoms with Gasteiger partial charge in [0.15, 0.2) is 0 Å². The maximum Gasteiger partial charge on any atom is 0.107 e. The summed E-state index contributed by atoms with van der Waals surface area (Å²) < 4.78 is 0. The van der Waals surface area contributed by atoms with Gasteiger partial charge in [-0.1, -0.05) is 20.8 Å². The molecule has 0 aromatic carbocycles. The zero-order valence-electron chi connectivity index (χ0n) is 11.4. The highest BCUT2D eigenvalue weighted by molar-refractivity contribution is 4.91. The summed E-state index contributed by atoms with van der Waals surface area (Å²) in [6.07, 6.45) is 0.821. The Morgan fingerprint density at radius 2 is 1.81 bits per heavy atom. The largest absolute Gasteiger partial charge is 0.396 e. The first-order valence-electron chi connectivity index (χ1n) is 6.06. The van der Waals surface area contributed by atoms with E-state index in [1.807, 2.05) is 0 Å². The molecule has 0 saturated carbocycles. The van der Waals surface area contributed by atoms with Crippen LogP contribution in [0.25, 0.3) is 0 Å². The van der Waals surface area contributed by atoms with Crippen molar-refractivity contribution in [2.24, 2.45) is 17.6 Å². The molecule has 4 heteroatoms. The molecule has 0 aromatic heterocycles. The second-order valence-electron chi connectivity index (χ2n) is 4.84. The highest BCUT2D eigenvalue weighted by Crippen LogP contribution is 2.21. The summed E-state index contributed by atoms with van der Waals surface area (Å²) in [4.78, 5) is 4.29. The third-order valence-electron chi connectivity index (χ3n) is 2.95. The van der Waals surface area contributed by atoms with E-state index in [9.17, 15) is 5.11 Å². The molecule has 0 amide bonds. The second-order valence-corrected chi connectivity index (χ2v) is 4.84. The van der Waals surface area contributed by atoms with E-state index in [-0.39, 0.29) is 12.5 Å². The van der Waals surface area contributed by atoms with Crippen LogP contribution in [-0.2, 0) is 0 Å². The van der Waals surface area contributed by atoms with Crippen molar-refractivity contribution < 1.29 is 5.11 Å². The Morgan fingerprint density at radius 3 is 2.12 bits per heavy atom. The Kier molecular flexibility index (Phi) is 7.93. The molecule has 0 aromatic rings. The molecule has 4 nitrogen and oxygen atoms in total. The van der Waals surface area contributed by atoms with Crippen molar-refractivity contribution in [2.45, 2.75) is 20.8 Å². The molecule has 97 valence electrons. The van der Waals surface area contributed by atoms with Crippen LogP contribution in [0.15, 0.2) is 0 Å². The van der Waals surface area contributed by atoms with Gasteiger partial charge in [0, 0.05) is 25.6 Å². The minimum Gasteiger partial charge on any atom is -0.396 e. The molecule has 0 saturated heterocycles. The zero-order valence-corrected chi connectivity index (χ0v) is 11.4. The topological polar surface area (TPSA) is 52.7 Å². The number of hydrogen-bond donors (Lipinski definition) is 2. The second kappa shape index (κ2) is 8.01. The molecular weight excluding hydrogens is 202 g/mol. The SMILES string of the molecule is CCN(CCN(C)C)[C](N)C(CO)C(C)C. The van der Waals surface area contributed by atoms with E-state index in [4.69, 9.17) is 5.73 Å². The molecule has 0 fully saturated rings. The average molecular weight is 230 g/mol. The van der Waals surface area contributed by atoms with Gasteiger partial charge in [-0.3, -0.25) is 4.90 Å². The normalized spacial score (nSPS) is 14.4. The fraction of sp³-hybridized carbons (Fsp3) is 0.917. The van der Waals surface area contributed by atoms with Crippen molar-refractivity contribution in [3.63, 3.8) is 0 Å². The maximum atomic E-state index is 9.35. The van der Waals surface area contributed by atoms with Crippen LogP contribution in [0.3, 0.4) is 0 Å². The van der Waals surface area contributed by atoms with Crippen LogP contribution in [0.2, 0.25) is 0 Å². The van der Waals surface area contributed by atoms with E-state index in [1.165, 1.54) is 0 Å². The van der Waals surface area contributed by atoms with Crippen molar-refractivity contribution >= 4 is 0 Å². The lowest BCUT2D eigenvalue weighted by Crippen LogP contribution is -2.45. The van der Waals surface area contributed by atoms with Gasteiger partial charge in [0.25, 0.3) is 0 Å². The number of nitrogens with zero attached hydrogens (tertiary/aromatic N) is 2. The first kappa shape index (κ1) is 15.8. The van der Waals surface area contributed by atoms with Gasteiger partial charge in [-0.05, 0) is 26.6 Å². The third kappa shape index (κ3) is 5.25. The fourth-order valence-electron chi connectivity index (χ4n) is 1.67. The lowest BCUT2D eigenvalue weighted by Gasteiger charge is -2.34. The summed E-state index contributed by atoms with van der Waals surface area (Å²) in [7, 11) is 4.10. The molecule has 0 bridgehead atoms. The van der Waals surface area contributed by atoms with Gasteiger partial charge in [0.05, 0.1) is 0 Å². The molecule has 3 N–H and O–H groups in total. The minimum atomic E-state index is 0.0714. The molecule has 1 unspecified atom stereocenters.